The topological polar surface area (TPSA) is 21.3 Å². The summed E-state index contributed by atoms with van der Waals surface area (Å²) >= 11 is 2.08. The molecule has 0 spiro atoms. The number of rotatable bonds is 5. The summed E-state index contributed by atoms with van der Waals surface area (Å²) in [7, 11) is 0. The predicted octanol–water partition coefficient (Wildman–Crippen LogP) is 3.21. The Morgan fingerprint density at radius 1 is 1.18 bits per heavy atom. The summed E-state index contributed by atoms with van der Waals surface area (Å²) in [4.78, 5) is 0. The molecule has 1 saturated heterocycles. The number of hydrogen-bond acceptors (Lipinski definition) is 3. The zero-order valence-electron chi connectivity index (χ0n) is 11.2. The van der Waals surface area contributed by atoms with Gasteiger partial charge in [0.1, 0.15) is 0 Å². The average molecular weight is 257 g/mol. The van der Waals surface area contributed by atoms with E-state index in [0.717, 1.165) is 13.2 Å². The molecule has 1 aliphatic heterocycles. The minimum atomic E-state index is 0.478. The highest BCUT2D eigenvalue weighted by atomic mass is 32.2. The van der Waals surface area contributed by atoms with Gasteiger partial charge in [0.25, 0.3) is 0 Å². The maximum absolute atomic E-state index is 5.76. The van der Waals surface area contributed by atoms with Gasteiger partial charge < -0.3 is 10.1 Å². The lowest BCUT2D eigenvalue weighted by molar-refractivity contribution is 0.0166. The molecule has 0 aromatic heterocycles. The first-order valence-corrected chi connectivity index (χ1v) is 8.45. The molecule has 1 N–H and O–H groups in total. The molecule has 2 aliphatic rings. The summed E-state index contributed by atoms with van der Waals surface area (Å²) in [5.41, 5.74) is 0. The third-order valence-corrected chi connectivity index (χ3v) is 5.71. The zero-order valence-corrected chi connectivity index (χ0v) is 12.0. The molecule has 3 heteroatoms. The summed E-state index contributed by atoms with van der Waals surface area (Å²) in [6.45, 7) is 3.20. The number of hydrogen-bond donors (Lipinski definition) is 1. The lowest BCUT2D eigenvalue weighted by Gasteiger charge is -2.36. The second-order valence-electron chi connectivity index (χ2n) is 5.57. The van der Waals surface area contributed by atoms with E-state index in [4.69, 9.17) is 4.74 Å². The lowest BCUT2D eigenvalue weighted by Crippen LogP contribution is -2.42. The van der Waals surface area contributed by atoms with Gasteiger partial charge in [-0.1, -0.05) is 19.3 Å². The smallest absolute Gasteiger partial charge is 0.0699 e. The lowest BCUT2D eigenvalue weighted by atomic mass is 9.88. The van der Waals surface area contributed by atoms with Crippen LogP contribution < -0.4 is 5.32 Å². The van der Waals surface area contributed by atoms with Crippen LogP contribution in [0.4, 0.5) is 0 Å². The van der Waals surface area contributed by atoms with Crippen molar-refractivity contribution in [3.05, 3.63) is 0 Å². The van der Waals surface area contributed by atoms with Crippen molar-refractivity contribution in [2.24, 2.45) is 0 Å². The maximum Gasteiger partial charge on any atom is 0.0699 e. The van der Waals surface area contributed by atoms with Crippen LogP contribution in [0.15, 0.2) is 0 Å². The Morgan fingerprint density at radius 2 is 2.00 bits per heavy atom. The Kier molecular flexibility index (Phi) is 5.64. The summed E-state index contributed by atoms with van der Waals surface area (Å²) in [5, 5.41) is 3.67. The maximum atomic E-state index is 5.76. The van der Waals surface area contributed by atoms with Gasteiger partial charge in [0.05, 0.1) is 6.10 Å². The van der Waals surface area contributed by atoms with Gasteiger partial charge in [-0.15, -0.1) is 0 Å². The van der Waals surface area contributed by atoms with Crippen molar-refractivity contribution in [1.82, 2.24) is 5.32 Å². The second-order valence-corrected chi connectivity index (χ2v) is 6.84. The molecule has 2 nitrogen and oxygen atoms in total. The van der Waals surface area contributed by atoms with E-state index in [1.165, 1.54) is 57.9 Å². The molecule has 0 aromatic rings. The van der Waals surface area contributed by atoms with E-state index >= 15 is 0 Å². The van der Waals surface area contributed by atoms with Crippen LogP contribution in [0.5, 0.6) is 0 Å². The molecule has 1 aliphatic carbocycles. The van der Waals surface area contributed by atoms with Gasteiger partial charge in [-0.2, -0.15) is 11.8 Å². The van der Waals surface area contributed by atoms with Crippen LogP contribution >= 0.6 is 11.8 Å². The number of thioether (sulfide) groups is 1. The van der Waals surface area contributed by atoms with Crippen molar-refractivity contribution in [2.45, 2.75) is 62.2 Å². The van der Waals surface area contributed by atoms with Crippen LogP contribution in [-0.4, -0.2) is 36.8 Å². The first kappa shape index (κ1) is 13.7. The first-order valence-electron chi connectivity index (χ1n) is 7.22. The Morgan fingerprint density at radius 3 is 2.65 bits per heavy atom. The Bertz CT molecular complexity index is 210. The fraction of sp³-hybridized carbons (Fsp3) is 1.00. The average Bonchev–Trinajstić information content (AvgIpc) is 2.41. The highest BCUT2D eigenvalue weighted by Gasteiger charge is 2.30. The third kappa shape index (κ3) is 4.15. The molecule has 17 heavy (non-hydrogen) atoms. The van der Waals surface area contributed by atoms with Gasteiger partial charge in [-0.3, -0.25) is 0 Å². The highest BCUT2D eigenvalue weighted by molar-refractivity contribution is 8.00. The Labute approximate surface area is 110 Å². The van der Waals surface area contributed by atoms with Crippen LogP contribution in [0.3, 0.4) is 0 Å². The van der Waals surface area contributed by atoms with Gasteiger partial charge in [0, 0.05) is 24.4 Å². The fourth-order valence-electron chi connectivity index (χ4n) is 3.08. The quantitative estimate of drug-likeness (QED) is 0.817. The van der Waals surface area contributed by atoms with E-state index in [1.807, 2.05) is 0 Å². The zero-order chi connectivity index (χ0) is 12.0. The van der Waals surface area contributed by atoms with Gasteiger partial charge in [-0.05, 0) is 38.4 Å². The van der Waals surface area contributed by atoms with Crippen molar-refractivity contribution in [1.29, 1.82) is 0 Å². The number of nitrogens with one attached hydrogen (secondary N) is 1. The molecule has 1 saturated carbocycles. The van der Waals surface area contributed by atoms with Crippen molar-refractivity contribution >= 4 is 11.8 Å². The van der Waals surface area contributed by atoms with Gasteiger partial charge in [0.2, 0.25) is 0 Å². The summed E-state index contributed by atoms with van der Waals surface area (Å²) in [5.74, 6) is 0. The molecular weight excluding hydrogens is 230 g/mol. The third-order valence-electron chi connectivity index (χ3n) is 4.29. The minimum absolute atomic E-state index is 0.478. The monoisotopic (exact) mass is 257 g/mol. The molecule has 1 heterocycles. The normalized spacial score (nSPS) is 29.1. The summed E-state index contributed by atoms with van der Waals surface area (Å²) < 4.78 is 6.29. The molecule has 2 fully saturated rings. The largest absolute Gasteiger partial charge is 0.377 e. The SMILES string of the molecule is CSC1(CNCC2CCCCO2)CCCCC1. The van der Waals surface area contributed by atoms with E-state index in [2.05, 4.69) is 23.3 Å². The van der Waals surface area contributed by atoms with E-state index < -0.39 is 0 Å². The molecule has 0 amide bonds. The molecule has 2 rings (SSSR count). The van der Waals surface area contributed by atoms with Crippen molar-refractivity contribution in [3.8, 4) is 0 Å². The summed E-state index contributed by atoms with van der Waals surface area (Å²) in [6.07, 6.45) is 13.7. The van der Waals surface area contributed by atoms with Crippen LogP contribution in [0, 0.1) is 0 Å². The second kappa shape index (κ2) is 7.01. The number of ether oxygens (including phenoxy) is 1. The predicted molar refractivity (Wildman–Crippen MR) is 75.8 cm³/mol. The van der Waals surface area contributed by atoms with Gasteiger partial charge in [-0.25, -0.2) is 0 Å². The van der Waals surface area contributed by atoms with Crippen LogP contribution in [0.1, 0.15) is 51.4 Å². The molecule has 0 aromatic carbocycles. The van der Waals surface area contributed by atoms with Crippen molar-refractivity contribution in [3.63, 3.8) is 0 Å². The molecule has 1 atom stereocenters. The molecular formula is C14H27NOS. The van der Waals surface area contributed by atoms with E-state index in [9.17, 15) is 0 Å². The fourth-order valence-corrected chi connectivity index (χ4v) is 4.02. The first-order chi connectivity index (χ1) is 8.35. The standard InChI is InChI=1S/C14H27NOS/c1-17-14(8-4-2-5-9-14)12-15-11-13-7-3-6-10-16-13/h13,15H,2-12H2,1H3. The molecule has 0 radical (unpaired) electrons. The van der Waals surface area contributed by atoms with Crippen molar-refractivity contribution < 1.29 is 4.74 Å². The van der Waals surface area contributed by atoms with Crippen LogP contribution in [0.2, 0.25) is 0 Å². The summed E-state index contributed by atoms with van der Waals surface area (Å²) in [6, 6.07) is 0. The molecule has 1 unspecified atom stereocenters. The van der Waals surface area contributed by atoms with Crippen LogP contribution in [0.25, 0.3) is 0 Å². The van der Waals surface area contributed by atoms with E-state index in [-0.39, 0.29) is 0 Å². The van der Waals surface area contributed by atoms with E-state index in [0.29, 0.717) is 10.9 Å². The van der Waals surface area contributed by atoms with Gasteiger partial charge >= 0.3 is 0 Å². The van der Waals surface area contributed by atoms with E-state index in [1.54, 1.807) is 0 Å². The minimum Gasteiger partial charge on any atom is -0.377 e. The highest BCUT2D eigenvalue weighted by Crippen LogP contribution is 2.37. The van der Waals surface area contributed by atoms with Gasteiger partial charge in [0.15, 0.2) is 0 Å². The Hall–Kier alpha value is 0.270. The van der Waals surface area contributed by atoms with Crippen molar-refractivity contribution in [2.75, 3.05) is 26.0 Å². The Balaban J connectivity index is 1.68. The molecule has 100 valence electrons. The molecule has 0 bridgehead atoms. The van der Waals surface area contributed by atoms with Crippen LogP contribution in [-0.2, 0) is 4.74 Å².